The topological polar surface area (TPSA) is 46.2 Å². The van der Waals surface area contributed by atoms with E-state index in [0.717, 1.165) is 26.2 Å². The van der Waals surface area contributed by atoms with Gasteiger partial charge < -0.3 is 23.7 Å². The summed E-state index contributed by atoms with van der Waals surface area (Å²) in [5.74, 6) is 0. The molecule has 0 aliphatic rings. The lowest BCUT2D eigenvalue weighted by molar-refractivity contribution is -0.0732. The molecule has 0 spiro atoms. The molecular weight excluding hydrogens is 272 g/mol. The van der Waals surface area contributed by atoms with Crippen LogP contribution in [-0.4, -0.2) is 66.1 Å². The van der Waals surface area contributed by atoms with Gasteiger partial charge in [0.15, 0.2) is 0 Å². The van der Waals surface area contributed by atoms with E-state index in [4.69, 9.17) is 23.7 Å². The number of hydrogen-bond acceptors (Lipinski definition) is 5. The highest BCUT2D eigenvalue weighted by atomic mass is 16.5. The third-order valence-electron chi connectivity index (χ3n) is 2.85. The summed E-state index contributed by atoms with van der Waals surface area (Å²) in [6.07, 6.45) is 1.02. The maximum absolute atomic E-state index is 5.69. The maximum atomic E-state index is 5.69. The van der Waals surface area contributed by atoms with E-state index >= 15 is 0 Å². The van der Waals surface area contributed by atoms with Crippen LogP contribution in [0.2, 0.25) is 0 Å². The van der Waals surface area contributed by atoms with Crippen LogP contribution in [-0.2, 0) is 23.7 Å². The minimum atomic E-state index is -0.131. The molecule has 0 unspecified atom stereocenters. The fourth-order valence-corrected chi connectivity index (χ4v) is 1.75. The largest absolute Gasteiger partial charge is 0.381 e. The Labute approximate surface area is 130 Å². The predicted octanol–water partition coefficient (Wildman–Crippen LogP) is 2.53. The van der Waals surface area contributed by atoms with Crippen LogP contribution in [0.15, 0.2) is 0 Å². The van der Waals surface area contributed by atoms with E-state index in [1.165, 1.54) is 0 Å². The summed E-state index contributed by atoms with van der Waals surface area (Å²) in [6.45, 7) is 14.8. The second kappa shape index (κ2) is 14.7. The molecule has 0 radical (unpaired) electrons. The third-order valence-corrected chi connectivity index (χ3v) is 2.85. The molecular formula is C16H34O5. The van der Waals surface area contributed by atoms with Gasteiger partial charge in [-0.3, -0.25) is 0 Å². The fourth-order valence-electron chi connectivity index (χ4n) is 1.75. The molecule has 0 aliphatic heterocycles. The first-order valence-corrected chi connectivity index (χ1v) is 8.07. The summed E-state index contributed by atoms with van der Waals surface area (Å²) in [7, 11) is 0. The van der Waals surface area contributed by atoms with Crippen molar-refractivity contribution in [3.8, 4) is 0 Å². The van der Waals surface area contributed by atoms with E-state index in [9.17, 15) is 0 Å². The Morgan fingerprint density at radius 2 is 0.952 bits per heavy atom. The molecule has 5 heteroatoms. The smallest absolute Gasteiger partial charge is 0.0700 e. The first-order chi connectivity index (χ1) is 10.2. The van der Waals surface area contributed by atoms with Crippen LogP contribution in [0.3, 0.4) is 0 Å². The van der Waals surface area contributed by atoms with E-state index in [-0.39, 0.29) is 5.41 Å². The van der Waals surface area contributed by atoms with Gasteiger partial charge in [0.2, 0.25) is 0 Å². The summed E-state index contributed by atoms with van der Waals surface area (Å²) in [4.78, 5) is 0. The Morgan fingerprint density at radius 3 is 1.33 bits per heavy atom. The Kier molecular flexibility index (Phi) is 14.6. The minimum Gasteiger partial charge on any atom is -0.381 e. The van der Waals surface area contributed by atoms with Gasteiger partial charge in [-0.1, -0.05) is 13.8 Å². The summed E-state index contributed by atoms with van der Waals surface area (Å²) in [5, 5.41) is 0. The van der Waals surface area contributed by atoms with Crippen molar-refractivity contribution < 1.29 is 23.7 Å². The zero-order chi connectivity index (χ0) is 15.8. The molecule has 0 N–H and O–H groups in total. The monoisotopic (exact) mass is 306 g/mol. The molecule has 0 amide bonds. The molecule has 0 saturated heterocycles. The van der Waals surface area contributed by atoms with Gasteiger partial charge in [0.25, 0.3) is 0 Å². The van der Waals surface area contributed by atoms with Gasteiger partial charge >= 0.3 is 0 Å². The van der Waals surface area contributed by atoms with Gasteiger partial charge in [-0.2, -0.15) is 0 Å². The molecule has 128 valence electrons. The van der Waals surface area contributed by atoms with Gasteiger partial charge in [0.1, 0.15) is 0 Å². The van der Waals surface area contributed by atoms with Crippen LogP contribution in [0.4, 0.5) is 0 Å². The van der Waals surface area contributed by atoms with Crippen LogP contribution in [0.1, 0.15) is 34.1 Å². The van der Waals surface area contributed by atoms with Crippen molar-refractivity contribution >= 4 is 0 Å². The summed E-state index contributed by atoms with van der Waals surface area (Å²) in [5.41, 5.74) is -0.131. The van der Waals surface area contributed by atoms with E-state index in [2.05, 4.69) is 13.8 Å². The highest BCUT2D eigenvalue weighted by Gasteiger charge is 2.25. The van der Waals surface area contributed by atoms with E-state index < -0.39 is 0 Å². The highest BCUT2D eigenvalue weighted by molar-refractivity contribution is 4.73. The van der Waals surface area contributed by atoms with Crippen molar-refractivity contribution in [2.45, 2.75) is 34.1 Å². The summed E-state index contributed by atoms with van der Waals surface area (Å²) in [6, 6.07) is 0. The second-order valence-corrected chi connectivity index (χ2v) is 5.36. The minimum absolute atomic E-state index is 0.131. The van der Waals surface area contributed by atoms with Crippen molar-refractivity contribution in [2.24, 2.45) is 5.41 Å². The molecule has 0 aliphatic carbocycles. The molecule has 0 heterocycles. The van der Waals surface area contributed by atoms with E-state index in [1.807, 2.05) is 13.8 Å². The lowest BCUT2D eigenvalue weighted by Crippen LogP contribution is -2.35. The molecule has 0 bridgehead atoms. The van der Waals surface area contributed by atoms with Crippen LogP contribution < -0.4 is 0 Å². The van der Waals surface area contributed by atoms with Gasteiger partial charge in [0, 0.05) is 25.2 Å². The average molecular weight is 306 g/mol. The molecule has 0 saturated carbocycles. The highest BCUT2D eigenvalue weighted by Crippen LogP contribution is 2.18. The van der Waals surface area contributed by atoms with Crippen LogP contribution >= 0.6 is 0 Å². The zero-order valence-corrected chi connectivity index (χ0v) is 14.3. The van der Waals surface area contributed by atoms with Crippen molar-refractivity contribution in [2.75, 3.05) is 66.1 Å². The standard InChI is InChI=1S/C16H34O5/c1-5-8-19-13-16(4,14-20-11-9-17-6-2)15-21-12-10-18-7-3/h5-15H2,1-4H3. The maximum Gasteiger partial charge on any atom is 0.0700 e. The number of rotatable bonds is 16. The Morgan fingerprint density at radius 1 is 0.571 bits per heavy atom. The quantitative estimate of drug-likeness (QED) is 0.410. The summed E-state index contributed by atoms with van der Waals surface area (Å²) < 4.78 is 27.6. The SMILES string of the molecule is CCCOCC(C)(COCCOCC)COCCOCC. The van der Waals surface area contributed by atoms with Crippen LogP contribution in [0.5, 0.6) is 0 Å². The molecule has 0 fully saturated rings. The van der Waals surface area contributed by atoms with Crippen LogP contribution in [0.25, 0.3) is 0 Å². The molecule has 0 aromatic rings. The molecule has 0 atom stereocenters. The van der Waals surface area contributed by atoms with Crippen molar-refractivity contribution in [3.05, 3.63) is 0 Å². The fraction of sp³-hybridized carbons (Fsp3) is 1.00. The lowest BCUT2D eigenvalue weighted by atomic mass is 9.94. The molecule has 0 aromatic carbocycles. The van der Waals surface area contributed by atoms with E-state index in [0.29, 0.717) is 46.2 Å². The van der Waals surface area contributed by atoms with Crippen molar-refractivity contribution in [1.29, 1.82) is 0 Å². The summed E-state index contributed by atoms with van der Waals surface area (Å²) >= 11 is 0. The Hall–Kier alpha value is -0.200. The second-order valence-electron chi connectivity index (χ2n) is 5.36. The average Bonchev–Trinajstić information content (AvgIpc) is 2.47. The molecule has 21 heavy (non-hydrogen) atoms. The van der Waals surface area contributed by atoms with Gasteiger partial charge in [-0.15, -0.1) is 0 Å². The molecule has 5 nitrogen and oxygen atoms in total. The Bertz CT molecular complexity index is 197. The third kappa shape index (κ3) is 13.2. The molecule has 0 rings (SSSR count). The van der Waals surface area contributed by atoms with Gasteiger partial charge in [-0.25, -0.2) is 0 Å². The van der Waals surface area contributed by atoms with E-state index in [1.54, 1.807) is 0 Å². The number of hydrogen-bond donors (Lipinski definition) is 0. The predicted molar refractivity (Wildman–Crippen MR) is 83.8 cm³/mol. The lowest BCUT2D eigenvalue weighted by Gasteiger charge is -2.29. The first-order valence-electron chi connectivity index (χ1n) is 8.07. The Balaban J connectivity index is 3.95. The number of ether oxygens (including phenoxy) is 5. The van der Waals surface area contributed by atoms with Crippen LogP contribution in [0, 0.1) is 5.41 Å². The first kappa shape index (κ1) is 20.8. The normalized spacial score (nSPS) is 12.0. The van der Waals surface area contributed by atoms with Gasteiger partial charge in [0.05, 0.1) is 46.2 Å². The van der Waals surface area contributed by atoms with Gasteiger partial charge in [-0.05, 0) is 20.3 Å². The molecule has 0 aromatic heterocycles. The zero-order valence-electron chi connectivity index (χ0n) is 14.3. The van der Waals surface area contributed by atoms with Crippen molar-refractivity contribution in [1.82, 2.24) is 0 Å². The van der Waals surface area contributed by atoms with Crippen molar-refractivity contribution in [3.63, 3.8) is 0 Å².